The molecular formula is C26H36ClN9O6. The molecule has 0 radical (unpaired) electrons. The summed E-state index contributed by atoms with van der Waals surface area (Å²) in [7, 11) is 0. The Hall–Kier alpha value is -3.08. The van der Waals surface area contributed by atoms with Gasteiger partial charge in [0.25, 0.3) is 5.56 Å². The second kappa shape index (κ2) is 11.2. The number of hydrogen-bond acceptors (Lipinski definition) is 11. The fraction of sp³-hybridized carbons (Fsp3) is 0.654. The minimum Gasteiger partial charge on any atom is -0.394 e. The van der Waals surface area contributed by atoms with Crippen LogP contribution in [0.2, 0.25) is 0 Å². The van der Waals surface area contributed by atoms with Crippen molar-refractivity contribution in [3.05, 3.63) is 38.7 Å². The smallest absolute Gasteiger partial charge is 0.332 e. The van der Waals surface area contributed by atoms with Gasteiger partial charge >= 0.3 is 5.69 Å². The van der Waals surface area contributed by atoms with Gasteiger partial charge in [0.2, 0.25) is 5.29 Å². The number of nitrogens with two attached hydrogens (primary N) is 1. The zero-order valence-electron chi connectivity index (χ0n) is 23.5. The molecule has 5 N–H and O–H groups in total. The SMILES string of the molecule is CCCn1c(=O)c2nc(C3CCCC3)n(N3C(Cl)=Nc4c(ncn4[C@@H]4O[C@H](CO)C(O)C4O)C3N)c2n(CCC)c1=O. The molecule has 16 heteroatoms. The van der Waals surface area contributed by atoms with E-state index in [1.54, 1.807) is 9.24 Å². The normalized spacial score (nSPS) is 26.4. The number of halogens is 1. The summed E-state index contributed by atoms with van der Waals surface area (Å²) in [6, 6.07) is 0. The number of amidine groups is 1. The average Bonchev–Trinajstić information content (AvgIpc) is 3.76. The highest BCUT2D eigenvalue weighted by Gasteiger charge is 2.46. The maximum absolute atomic E-state index is 13.6. The first kappa shape index (κ1) is 29.0. The maximum atomic E-state index is 13.6. The lowest BCUT2D eigenvalue weighted by Gasteiger charge is -2.34. The number of aliphatic hydroxyl groups is 3. The fourth-order valence-corrected chi connectivity index (χ4v) is 6.59. The Labute approximate surface area is 245 Å². The predicted octanol–water partition coefficient (Wildman–Crippen LogP) is 0.481. The molecule has 2 aliphatic heterocycles. The quantitative estimate of drug-likeness (QED) is 0.263. The Morgan fingerprint density at radius 2 is 1.79 bits per heavy atom. The monoisotopic (exact) mass is 605 g/mol. The lowest BCUT2D eigenvalue weighted by molar-refractivity contribution is -0.0520. The lowest BCUT2D eigenvalue weighted by Crippen LogP contribution is -2.49. The molecule has 0 bridgehead atoms. The van der Waals surface area contributed by atoms with Gasteiger partial charge in [0, 0.05) is 19.0 Å². The number of aliphatic imine (C=N–C) groups is 1. The van der Waals surface area contributed by atoms with Crippen molar-refractivity contribution in [2.45, 2.75) is 102 Å². The molecule has 15 nitrogen and oxygen atoms in total. The van der Waals surface area contributed by atoms with Crippen molar-refractivity contribution >= 4 is 33.9 Å². The molecule has 3 aromatic rings. The van der Waals surface area contributed by atoms with E-state index >= 15 is 0 Å². The van der Waals surface area contributed by atoms with Crippen LogP contribution in [0.3, 0.4) is 0 Å². The highest BCUT2D eigenvalue weighted by atomic mass is 35.5. The Kier molecular flexibility index (Phi) is 7.74. The molecule has 0 aromatic carbocycles. The molecule has 2 fully saturated rings. The van der Waals surface area contributed by atoms with Gasteiger partial charge in [-0.2, -0.15) is 4.99 Å². The summed E-state index contributed by atoms with van der Waals surface area (Å²) >= 11 is 6.87. The molecule has 228 valence electrons. The van der Waals surface area contributed by atoms with Crippen molar-refractivity contribution in [1.82, 2.24) is 28.3 Å². The van der Waals surface area contributed by atoms with E-state index in [4.69, 9.17) is 27.1 Å². The topological polar surface area (TPSA) is 191 Å². The van der Waals surface area contributed by atoms with Gasteiger partial charge in [-0.15, -0.1) is 0 Å². The third-order valence-corrected chi connectivity index (χ3v) is 8.63. The fourth-order valence-electron chi connectivity index (χ4n) is 6.33. The van der Waals surface area contributed by atoms with Crippen LogP contribution < -0.4 is 22.0 Å². The third kappa shape index (κ3) is 4.33. The second-order valence-corrected chi connectivity index (χ2v) is 11.4. The van der Waals surface area contributed by atoms with Crippen molar-refractivity contribution in [1.29, 1.82) is 0 Å². The van der Waals surface area contributed by atoms with Crippen LogP contribution in [0.15, 0.2) is 20.9 Å². The van der Waals surface area contributed by atoms with Gasteiger partial charge in [0.15, 0.2) is 23.2 Å². The first-order valence-corrected chi connectivity index (χ1v) is 14.9. The van der Waals surface area contributed by atoms with Crippen molar-refractivity contribution in [3.8, 4) is 0 Å². The van der Waals surface area contributed by atoms with E-state index in [1.165, 1.54) is 20.5 Å². The highest BCUT2D eigenvalue weighted by Crippen LogP contribution is 2.40. The van der Waals surface area contributed by atoms with Gasteiger partial charge in [-0.05, 0) is 37.3 Å². The van der Waals surface area contributed by atoms with Crippen molar-refractivity contribution in [3.63, 3.8) is 0 Å². The number of nitrogens with zero attached hydrogens (tertiary/aromatic N) is 8. The van der Waals surface area contributed by atoms with Crippen LogP contribution in [0, 0.1) is 0 Å². The Balaban J connectivity index is 1.54. The Morgan fingerprint density at radius 3 is 2.43 bits per heavy atom. The van der Waals surface area contributed by atoms with E-state index < -0.39 is 48.6 Å². The van der Waals surface area contributed by atoms with Gasteiger partial charge in [-0.1, -0.05) is 26.7 Å². The van der Waals surface area contributed by atoms with Crippen molar-refractivity contribution in [2.75, 3.05) is 11.6 Å². The number of aliphatic hydroxyl groups excluding tert-OH is 3. The second-order valence-electron chi connectivity index (χ2n) is 11.1. The Bertz CT molecular complexity index is 1640. The molecule has 3 aromatic heterocycles. The summed E-state index contributed by atoms with van der Waals surface area (Å²) in [5, 5.41) is 31.8. The molecule has 0 amide bonds. The number of ether oxygens (including phenoxy) is 1. The summed E-state index contributed by atoms with van der Waals surface area (Å²) < 4.78 is 11.6. The van der Waals surface area contributed by atoms with Crippen LogP contribution in [0.25, 0.3) is 11.2 Å². The average molecular weight is 606 g/mol. The minimum atomic E-state index is -1.36. The van der Waals surface area contributed by atoms with Gasteiger partial charge in [0.05, 0.1) is 12.9 Å². The van der Waals surface area contributed by atoms with Gasteiger partial charge in [-0.3, -0.25) is 18.5 Å². The lowest BCUT2D eigenvalue weighted by atomic mass is 10.1. The van der Waals surface area contributed by atoms with E-state index in [1.807, 2.05) is 13.8 Å². The summed E-state index contributed by atoms with van der Waals surface area (Å²) in [5.74, 6) is 0.797. The van der Waals surface area contributed by atoms with Crippen LogP contribution >= 0.6 is 11.6 Å². The molecule has 3 unspecified atom stereocenters. The molecular weight excluding hydrogens is 570 g/mol. The van der Waals surface area contributed by atoms with Crippen molar-refractivity contribution < 1.29 is 20.1 Å². The number of fused-ring (bicyclic) bond motifs is 2. The number of aryl methyl sites for hydroxylation is 1. The van der Waals surface area contributed by atoms with E-state index in [2.05, 4.69) is 9.98 Å². The van der Waals surface area contributed by atoms with Crippen LogP contribution in [-0.2, 0) is 17.8 Å². The number of aromatic nitrogens is 6. The van der Waals surface area contributed by atoms with E-state index in [-0.39, 0.29) is 29.1 Å². The molecule has 3 aliphatic rings. The van der Waals surface area contributed by atoms with Crippen molar-refractivity contribution in [2.24, 2.45) is 10.7 Å². The van der Waals surface area contributed by atoms with E-state index in [0.717, 1.165) is 25.7 Å². The van der Waals surface area contributed by atoms with Crippen LogP contribution in [-0.4, -0.2) is 73.9 Å². The van der Waals surface area contributed by atoms with Crippen LogP contribution in [0.5, 0.6) is 0 Å². The van der Waals surface area contributed by atoms with Crippen LogP contribution in [0.1, 0.15) is 82.2 Å². The minimum absolute atomic E-state index is 0.0103. The maximum Gasteiger partial charge on any atom is 0.332 e. The van der Waals surface area contributed by atoms with Gasteiger partial charge in [-0.25, -0.2) is 24.4 Å². The molecule has 0 spiro atoms. The number of imidazole rings is 2. The third-order valence-electron chi connectivity index (χ3n) is 8.37. The molecule has 6 rings (SSSR count). The number of rotatable bonds is 8. The molecule has 5 heterocycles. The summed E-state index contributed by atoms with van der Waals surface area (Å²) in [6.07, 6.45) is 0.562. The molecule has 42 heavy (non-hydrogen) atoms. The van der Waals surface area contributed by atoms with E-state index in [0.29, 0.717) is 36.6 Å². The molecule has 1 saturated carbocycles. The first-order valence-electron chi connectivity index (χ1n) is 14.5. The number of hydrogen-bond donors (Lipinski definition) is 4. The molecule has 5 atom stereocenters. The summed E-state index contributed by atoms with van der Waals surface area (Å²) in [5.41, 5.74) is 6.68. The van der Waals surface area contributed by atoms with Gasteiger partial charge < -0.3 is 25.8 Å². The van der Waals surface area contributed by atoms with Crippen LogP contribution in [0.4, 0.5) is 5.82 Å². The largest absolute Gasteiger partial charge is 0.394 e. The zero-order valence-corrected chi connectivity index (χ0v) is 24.3. The highest BCUT2D eigenvalue weighted by molar-refractivity contribution is 6.67. The zero-order chi connectivity index (χ0) is 29.9. The van der Waals surface area contributed by atoms with E-state index in [9.17, 15) is 24.9 Å². The van der Waals surface area contributed by atoms with Gasteiger partial charge in [0.1, 0.15) is 36.0 Å². The first-order chi connectivity index (χ1) is 20.2. The Morgan fingerprint density at radius 1 is 1.10 bits per heavy atom. The molecule has 1 saturated heterocycles. The molecule has 1 aliphatic carbocycles. The standard InChI is InChI=1S/C26H36ClN9O6/c1-3-9-32-22-16(23(40)33(10-4-2)26(32)41)30-20(13-7-5-6-8-13)36(22)35-19(28)15-21(31-25(35)27)34(12-29-15)24-18(39)17(38)14(11-37)42-24/h12-14,17-19,24,37-39H,3-11,28H2,1-2H3/t14-,17?,18?,19?,24-/m1/s1. The predicted molar refractivity (Wildman–Crippen MR) is 153 cm³/mol. The summed E-state index contributed by atoms with van der Waals surface area (Å²) in [6.45, 7) is 3.99. The summed E-state index contributed by atoms with van der Waals surface area (Å²) in [4.78, 5) is 41.2.